The van der Waals surface area contributed by atoms with Gasteiger partial charge in [-0.25, -0.2) is 4.98 Å². The number of nitrogens with zero attached hydrogens (tertiary/aromatic N) is 3. The van der Waals surface area contributed by atoms with Gasteiger partial charge in [-0.3, -0.25) is 0 Å². The number of benzene rings is 3. The average molecular weight is 385 g/mol. The second-order valence-corrected chi connectivity index (χ2v) is 7.37. The fraction of sp³-hybridized carbons (Fsp3) is 0.0370. The molecular formula is C27H19N3. The van der Waals surface area contributed by atoms with E-state index in [2.05, 4.69) is 72.3 Å². The smallest absolute Gasteiger partial charge is 0.0991 e. The number of aromatic nitrogens is 2. The van der Waals surface area contributed by atoms with Crippen molar-refractivity contribution >= 4 is 11.0 Å². The minimum absolute atomic E-state index is 0.650. The van der Waals surface area contributed by atoms with Gasteiger partial charge in [0.2, 0.25) is 0 Å². The van der Waals surface area contributed by atoms with Crippen molar-refractivity contribution in [3.05, 3.63) is 108 Å². The Morgan fingerprint density at radius 2 is 1.50 bits per heavy atom. The maximum absolute atomic E-state index is 9.17. The van der Waals surface area contributed by atoms with Crippen LogP contribution in [0.15, 0.2) is 97.2 Å². The van der Waals surface area contributed by atoms with Crippen molar-refractivity contribution in [1.29, 1.82) is 5.26 Å². The lowest BCUT2D eigenvalue weighted by Gasteiger charge is -2.12. The molecule has 2 aromatic heterocycles. The van der Waals surface area contributed by atoms with E-state index in [1.807, 2.05) is 42.5 Å². The summed E-state index contributed by atoms with van der Waals surface area (Å²) in [5, 5.41) is 9.17. The molecule has 3 heteroatoms. The van der Waals surface area contributed by atoms with Crippen LogP contribution in [0.2, 0.25) is 0 Å². The second-order valence-electron chi connectivity index (χ2n) is 7.37. The molecule has 0 aliphatic rings. The molecule has 0 atom stereocenters. The van der Waals surface area contributed by atoms with Crippen LogP contribution >= 0.6 is 0 Å². The molecule has 0 saturated carbocycles. The number of pyridine rings is 1. The molecule has 0 amide bonds. The van der Waals surface area contributed by atoms with Crippen LogP contribution < -0.4 is 0 Å². The summed E-state index contributed by atoms with van der Waals surface area (Å²) in [6.07, 6.45) is 2.06. The summed E-state index contributed by atoms with van der Waals surface area (Å²) in [6, 6.07) is 32.9. The zero-order valence-electron chi connectivity index (χ0n) is 16.6. The topological polar surface area (TPSA) is 41.6 Å². The molecule has 142 valence electrons. The Morgan fingerprint density at radius 3 is 2.20 bits per heavy atom. The quantitative estimate of drug-likeness (QED) is 0.354. The number of rotatable bonds is 3. The molecule has 0 aliphatic heterocycles. The number of hydrogen-bond donors (Lipinski definition) is 0. The largest absolute Gasteiger partial charge is 0.315 e. The molecule has 0 N–H and O–H groups in total. The predicted octanol–water partition coefficient (Wildman–Crippen LogP) is 6.54. The minimum atomic E-state index is 0.650. The van der Waals surface area contributed by atoms with Crippen molar-refractivity contribution in [1.82, 2.24) is 9.55 Å². The van der Waals surface area contributed by atoms with E-state index in [1.54, 1.807) is 0 Å². The molecule has 0 aliphatic carbocycles. The van der Waals surface area contributed by atoms with Crippen molar-refractivity contribution in [2.45, 2.75) is 6.92 Å². The normalized spacial score (nSPS) is 10.8. The Kier molecular flexibility index (Phi) is 4.38. The Balaban J connectivity index is 1.77. The van der Waals surface area contributed by atoms with Gasteiger partial charge in [-0.2, -0.15) is 5.26 Å². The van der Waals surface area contributed by atoms with Gasteiger partial charge < -0.3 is 4.57 Å². The number of fused-ring (bicyclic) bond motifs is 1. The van der Waals surface area contributed by atoms with Crippen molar-refractivity contribution in [3.63, 3.8) is 0 Å². The van der Waals surface area contributed by atoms with Gasteiger partial charge in [-0.15, -0.1) is 0 Å². The Hall–Kier alpha value is -4.16. The van der Waals surface area contributed by atoms with Gasteiger partial charge >= 0.3 is 0 Å². The Labute approximate surface area is 175 Å². The summed E-state index contributed by atoms with van der Waals surface area (Å²) in [4.78, 5) is 5.05. The van der Waals surface area contributed by atoms with Crippen molar-refractivity contribution in [2.24, 2.45) is 0 Å². The summed E-state index contributed by atoms with van der Waals surface area (Å²) in [5.41, 5.74) is 9.08. The first-order valence-electron chi connectivity index (χ1n) is 9.88. The highest BCUT2D eigenvalue weighted by atomic mass is 15.0. The van der Waals surface area contributed by atoms with Crippen molar-refractivity contribution in [3.8, 4) is 34.1 Å². The number of aryl methyl sites for hydroxylation is 1. The third-order valence-corrected chi connectivity index (χ3v) is 5.36. The first kappa shape index (κ1) is 17.9. The summed E-state index contributed by atoms with van der Waals surface area (Å²) in [7, 11) is 0. The van der Waals surface area contributed by atoms with Crippen molar-refractivity contribution < 1.29 is 0 Å². The van der Waals surface area contributed by atoms with Crippen LogP contribution in [0.4, 0.5) is 0 Å². The molecule has 3 aromatic carbocycles. The monoisotopic (exact) mass is 385 g/mol. The lowest BCUT2D eigenvalue weighted by molar-refractivity contribution is 1.13. The molecule has 0 saturated heterocycles. The third-order valence-electron chi connectivity index (χ3n) is 5.36. The van der Waals surface area contributed by atoms with E-state index in [-0.39, 0.29) is 0 Å². The lowest BCUT2D eigenvalue weighted by atomic mass is 9.97. The molecule has 0 spiro atoms. The highest BCUT2D eigenvalue weighted by Crippen LogP contribution is 2.34. The molecule has 3 nitrogen and oxygen atoms in total. The minimum Gasteiger partial charge on any atom is -0.315 e. The van der Waals surface area contributed by atoms with E-state index in [4.69, 9.17) is 10.2 Å². The van der Waals surface area contributed by atoms with Crippen LogP contribution in [0.3, 0.4) is 0 Å². The van der Waals surface area contributed by atoms with Crippen LogP contribution in [0.5, 0.6) is 0 Å². The SMILES string of the molecule is Cc1ccc(-c2nc3ccn(-c4ccccc4)c3cc2-c2ccc(C#N)cc2)cc1. The predicted molar refractivity (Wildman–Crippen MR) is 121 cm³/mol. The van der Waals surface area contributed by atoms with Gasteiger partial charge in [-0.1, -0.05) is 60.2 Å². The van der Waals surface area contributed by atoms with Gasteiger partial charge in [-0.05, 0) is 48.9 Å². The van der Waals surface area contributed by atoms with E-state index in [0.717, 1.165) is 39.1 Å². The van der Waals surface area contributed by atoms with Crippen LogP contribution in [-0.2, 0) is 0 Å². The van der Waals surface area contributed by atoms with Gasteiger partial charge in [0.05, 0.1) is 28.4 Å². The highest BCUT2D eigenvalue weighted by Gasteiger charge is 2.14. The van der Waals surface area contributed by atoms with Gasteiger partial charge in [0.15, 0.2) is 0 Å². The van der Waals surface area contributed by atoms with Gasteiger partial charge in [0, 0.05) is 23.0 Å². The first-order chi connectivity index (χ1) is 14.7. The van der Waals surface area contributed by atoms with E-state index in [1.165, 1.54) is 5.56 Å². The number of para-hydroxylation sites is 1. The zero-order chi connectivity index (χ0) is 20.5. The second kappa shape index (κ2) is 7.35. The maximum Gasteiger partial charge on any atom is 0.0991 e. The molecule has 0 unspecified atom stereocenters. The lowest BCUT2D eigenvalue weighted by Crippen LogP contribution is -1.95. The van der Waals surface area contributed by atoms with Crippen LogP contribution in [0.1, 0.15) is 11.1 Å². The molecule has 5 rings (SSSR count). The highest BCUT2D eigenvalue weighted by molar-refractivity contribution is 5.91. The molecule has 0 radical (unpaired) electrons. The molecule has 2 heterocycles. The number of nitriles is 1. The molecule has 0 bridgehead atoms. The summed E-state index contributed by atoms with van der Waals surface area (Å²) < 4.78 is 2.16. The number of hydrogen-bond acceptors (Lipinski definition) is 2. The standard InChI is InChI=1S/C27H19N3/c1-19-7-11-22(12-8-19)27-24(21-13-9-20(18-28)10-14-21)17-26-25(29-27)15-16-30(26)23-5-3-2-4-6-23/h2-17H,1H3. The van der Waals surface area contributed by atoms with Gasteiger partial charge in [0.25, 0.3) is 0 Å². The van der Waals surface area contributed by atoms with E-state index >= 15 is 0 Å². The van der Waals surface area contributed by atoms with Crippen molar-refractivity contribution in [2.75, 3.05) is 0 Å². The summed E-state index contributed by atoms with van der Waals surface area (Å²) in [5.74, 6) is 0. The fourth-order valence-electron chi connectivity index (χ4n) is 3.75. The fourth-order valence-corrected chi connectivity index (χ4v) is 3.75. The zero-order valence-corrected chi connectivity index (χ0v) is 16.6. The first-order valence-corrected chi connectivity index (χ1v) is 9.88. The molecule has 30 heavy (non-hydrogen) atoms. The maximum atomic E-state index is 9.17. The summed E-state index contributed by atoms with van der Waals surface area (Å²) >= 11 is 0. The average Bonchev–Trinajstić information content (AvgIpc) is 3.22. The Bertz CT molecular complexity index is 1370. The van der Waals surface area contributed by atoms with Gasteiger partial charge in [0.1, 0.15) is 0 Å². The van der Waals surface area contributed by atoms with Crippen LogP contribution in [0.25, 0.3) is 39.1 Å². The van der Waals surface area contributed by atoms with E-state index in [9.17, 15) is 0 Å². The summed E-state index contributed by atoms with van der Waals surface area (Å²) in [6.45, 7) is 2.09. The van der Waals surface area contributed by atoms with E-state index in [0.29, 0.717) is 5.56 Å². The van der Waals surface area contributed by atoms with E-state index < -0.39 is 0 Å². The molecular weight excluding hydrogens is 366 g/mol. The van der Waals surface area contributed by atoms with Crippen LogP contribution in [0, 0.1) is 18.3 Å². The third kappa shape index (κ3) is 3.15. The Morgan fingerprint density at radius 1 is 0.800 bits per heavy atom. The molecule has 0 fully saturated rings. The molecule has 5 aromatic rings. The van der Waals surface area contributed by atoms with Crippen LogP contribution in [-0.4, -0.2) is 9.55 Å².